The quantitative estimate of drug-likeness (QED) is 0.217. The Kier molecular flexibility index (Phi) is 8.97. The van der Waals surface area contributed by atoms with Crippen LogP contribution in [0.3, 0.4) is 0 Å². The largest absolute Gasteiger partial charge is 0.493 e. The summed E-state index contributed by atoms with van der Waals surface area (Å²) in [6.07, 6.45) is 1.97. The number of nitro groups is 1. The zero-order chi connectivity index (χ0) is 26.2. The van der Waals surface area contributed by atoms with Crippen molar-refractivity contribution in [1.29, 1.82) is 0 Å². The number of methoxy groups -OCH3 is 2. The Morgan fingerprint density at radius 1 is 1.14 bits per heavy atom. The zero-order valence-corrected chi connectivity index (χ0v) is 20.9. The van der Waals surface area contributed by atoms with Crippen LogP contribution in [0.5, 0.6) is 11.5 Å². The van der Waals surface area contributed by atoms with Gasteiger partial charge in [0.05, 0.1) is 24.0 Å². The Hall–Kier alpha value is -3.97. The van der Waals surface area contributed by atoms with E-state index in [9.17, 15) is 24.5 Å². The maximum Gasteiger partial charge on any atom is 0.282 e. The number of hydrogen-bond acceptors (Lipinski definition) is 9. The van der Waals surface area contributed by atoms with Crippen LogP contribution in [0.2, 0.25) is 0 Å². The minimum atomic E-state index is -0.812. The number of hydrazine groups is 1. The molecule has 13 heteroatoms. The van der Waals surface area contributed by atoms with Crippen LogP contribution in [0, 0.1) is 10.1 Å². The summed E-state index contributed by atoms with van der Waals surface area (Å²) in [5.41, 5.74) is 4.56. The van der Waals surface area contributed by atoms with Crippen LogP contribution in [0.4, 0.5) is 5.69 Å². The van der Waals surface area contributed by atoms with E-state index in [1.54, 1.807) is 24.3 Å². The summed E-state index contributed by atoms with van der Waals surface area (Å²) in [6.45, 7) is 0.208. The molecule has 0 aromatic heterocycles. The zero-order valence-electron chi connectivity index (χ0n) is 19.3. The molecular weight excluding hydrogens is 508 g/mol. The molecule has 3 rings (SSSR count). The number of ether oxygens (including phenoxy) is 2. The maximum atomic E-state index is 12.8. The van der Waals surface area contributed by atoms with Gasteiger partial charge in [-0.2, -0.15) is 0 Å². The Balaban J connectivity index is 1.52. The number of hydrogen-bond donors (Lipinski definition) is 2. The molecule has 0 aliphatic carbocycles. The number of thioether (sulfide) groups is 1. The summed E-state index contributed by atoms with van der Waals surface area (Å²) in [7, 11) is 3.06. The second kappa shape index (κ2) is 12.1. The molecule has 0 radical (unpaired) electrons. The van der Waals surface area contributed by atoms with Gasteiger partial charge in [-0.15, -0.1) is 0 Å². The van der Waals surface area contributed by atoms with Crippen molar-refractivity contribution in [2.45, 2.75) is 12.8 Å². The van der Waals surface area contributed by atoms with E-state index in [2.05, 4.69) is 10.9 Å². The van der Waals surface area contributed by atoms with Gasteiger partial charge in [-0.05, 0) is 36.3 Å². The van der Waals surface area contributed by atoms with Gasteiger partial charge >= 0.3 is 0 Å². The van der Waals surface area contributed by atoms with Crippen molar-refractivity contribution in [2.24, 2.45) is 0 Å². The second-order valence-electron chi connectivity index (χ2n) is 7.33. The normalized spacial score (nSPS) is 14.1. The lowest BCUT2D eigenvalue weighted by Gasteiger charge is -2.14. The molecule has 0 spiro atoms. The van der Waals surface area contributed by atoms with Crippen LogP contribution < -0.4 is 20.3 Å². The average molecular weight is 531 g/mol. The molecule has 0 unspecified atom stereocenters. The van der Waals surface area contributed by atoms with Crippen molar-refractivity contribution < 1.29 is 28.8 Å². The van der Waals surface area contributed by atoms with Crippen LogP contribution in [0.15, 0.2) is 47.4 Å². The lowest BCUT2D eigenvalue weighted by molar-refractivity contribution is -0.385. The van der Waals surface area contributed by atoms with E-state index < -0.39 is 16.7 Å². The molecule has 3 amide bonds. The highest BCUT2D eigenvalue weighted by Crippen LogP contribution is 2.34. The van der Waals surface area contributed by atoms with Gasteiger partial charge in [0.2, 0.25) is 5.91 Å². The van der Waals surface area contributed by atoms with Crippen LogP contribution in [-0.4, -0.2) is 52.6 Å². The topological polar surface area (TPSA) is 140 Å². The number of amides is 3. The van der Waals surface area contributed by atoms with Crippen molar-refractivity contribution >= 4 is 57.8 Å². The molecule has 2 aromatic rings. The fourth-order valence-corrected chi connectivity index (χ4v) is 4.57. The number of benzene rings is 2. The predicted octanol–water partition coefficient (Wildman–Crippen LogP) is 3.05. The lowest BCUT2D eigenvalue weighted by atomic mass is 10.2. The predicted molar refractivity (Wildman–Crippen MR) is 137 cm³/mol. The number of carbonyl (C=O) groups excluding carboxylic acids is 3. The number of para-hydroxylation sites is 1. The van der Waals surface area contributed by atoms with Crippen LogP contribution >= 0.6 is 24.0 Å². The second-order valence-corrected chi connectivity index (χ2v) is 9.00. The summed E-state index contributed by atoms with van der Waals surface area (Å²) in [5, 5.41) is 11.0. The van der Waals surface area contributed by atoms with Crippen LogP contribution in [-0.2, 0) is 9.59 Å². The van der Waals surface area contributed by atoms with Crippen molar-refractivity contribution in [3.63, 3.8) is 0 Å². The summed E-state index contributed by atoms with van der Waals surface area (Å²) in [6, 6.07) is 10.7. The number of nitro benzene ring substituents is 1. The van der Waals surface area contributed by atoms with Crippen molar-refractivity contribution in [1.82, 2.24) is 15.8 Å². The first kappa shape index (κ1) is 26.6. The third-order valence-corrected chi connectivity index (χ3v) is 6.40. The van der Waals surface area contributed by atoms with Gasteiger partial charge in [0.15, 0.2) is 11.5 Å². The molecule has 1 aliphatic heterocycles. The van der Waals surface area contributed by atoms with E-state index in [1.807, 2.05) is 0 Å². The number of carbonyl (C=O) groups is 3. The molecule has 1 saturated heterocycles. The molecule has 1 heterocycles. The Morgan fingerprint density at radius 2 is 1.86 bits per heavy atom. The molecule has 1 aliphatic rings. The first-order valence-electron chi connectivity index (χ1n) is 10.5. The molecule has 0 atom stereocenters. The molecule has 2 N–H and O–H groups in total. The van der Waals surface area contributed by atoms with Gasteiger partial charge < -0.3 is 9.47 Å². The Bertz CT molecular complexity index is 1250. The summed E-state index contributed by atoms with van der Waals surface area (Å²) >= 11 is 6.48. The van der Waals surface area contributed by atoms with E-state index in [4.69, 9.17) is 21.7 Å². The molecule has 0 saturated carbocycles. The first-order valence-corrected chi connectivity index (χ1v) is 11.8. The standard InChI is InChI=1S/C23H22N4O7S2/c1-33-17-10-9-14(12-18(17)34-2)13-19-22(30)26(23(35)36-19)11-5-8-20(28)24-25-21(29)15-6-3-4-7-16(15)27(31)32/h3-4,6-7,9-10,12-13H,5,8,11H2,1-2H3,(H,24,28)(H,25,29)/b19-13-. The molecule has 1 fully saturated rings. The van der Waals surface area contributed by atoms with Gasteiger partial charge in [-0.3, -0.25) is 40.2 Å². The van der Waals surface area contributed by atoms with E-state index in [-0.39, 0.29) is 36.5 Å². The number of rotatable bonds is 9. The number of nitrogens with zero attached hydrogens (tertiary/aromatic N) is 2. The lowest BCUT2D eigenvalue weighted by Crippen LogP contribution is -2.42. The summed E-state index contributed by atoms with van der Waals surface area (Å²) in [4.78, 5) is 49.3. The van der Waals surface area contributed by atoms with E-state index >= 15 is 0 Å². The van der Waals surface area contributed by atoms with Crippen molar-refractivity contribution in [3.05, 3.63) is 68.6 Å². The van der Waals surface area contributed by atoms with Gasteiger partial charge in [0, 0.05) is 19.0 Å². The van der Waals surface area contributed by atoms with Crippen LogP contribution in [0.25, 0.3) is 6.08 Å². The third kappa shape index (κ3) is 6.37. The molecule has 36 heavy (non-hydrogen) atoms. The highest BCUT2D eigenvalue weighted by Gasteiger charge is 2.31. The van der Waals surface area contributed by atoms with E-state index in [1.165, 1.54) is 43.4 Å². The van der Waals surface area contributed by atoms with Crippen molar-refractivity contribution in [2.75, 3.05) is 20.8 Å². The highest BCUT2D eigenvalue weighted by molar-refractivity contribution is 8.26. The molecule has 11 nitrogen and oxygen atoms in total. The average Bonchev–Trinajstić information content (AvgIpc) is 3.14. The number of nitrogens with one attached hydrogen (secondary N) is 2. The first-order chi connectivity index (χ1) is 17.2. The highest BCUT2D eigenvalue weighted by atomic mass is 32.2. The van der Waals surface area contributed by atoms with E-state index in [0.717, 1.165) is 17.3 Å². The maximum absolute atomic E-state index is 12.8. The smallest absolute Gasteiger partial charge is 0.282 e. The monoisotopic (exact) mass is 530 g/mol. The van der Waals surface area contributed by atoms with E-state index in [0.29, 0.717) is 20.7 Å². The molecule has 188 valence electrons. The molecule has 2 aromatic carbocycles. The van der Waals surface area contributed by atoms with Gasteiger partial charge in [-0.25, -0.2) is 0 Å². The number of thiocarbonyl (C=S) groups is 1. The summed E-state index contributed by atoms with van der Waals surface area (Å²) in [5.74, 6) is -0.508. The molecular formula is C23H22N4O7S2. The Morgan fingerprint density at radius 3 is 2.56 bits per heavy atom. The Labute approximate surface area is 215 Å². The van der Waals surface area contributed by atoms with Gasteiger partial charge in [-0.1, -0.05) is 42.2 Å². The minimum absolute atomic E-state index is 0.0110. The van der Waals surface area contributed by atoms with Crippen LogP contribution in [0.1, 0.15) is 28.8 Å². The fraction of sp³-hybridized carbons (Fsp3) is 0.217. The molecule has 0 bridgehead atoms. The SMILES string of the molecule is COc1ccc(/C=C2\SC(=S)N(CCCC(=O)NNC(=O)c3ccccc3[N+](=O)[O-])C2=O)cc1OC. The van der Waals surface area contributed by atoms with Gasteiger partial charge in [0.1, 0.15) is 9.88 Å². The minimum Gasteiger partial charge on any atom is -0.493 e. The summed E-state index contributed by atoms with van der Waals surface area (Å²) < 4.78 is 10.9. The third-order valence-electron chi connectivity index (χ3n) is 5.03. The van der Waals surface area contributed by atoms with Gasteiger partial charge in [0.25, 0.3) is 17.5 Å². The van der Waals surface area contributed by atoms with Crippen molar-refractivity contribution in [3.8, 4) is 11.5 Å². The fourth-order valence-electron chi connectivity index (χ4n) is 3.27.